The molecule has 1 aromatic heterocycles. The molecule has 0 bridgehead atoms. The fourth-order valence-electron chi connectivity index (χ4n) is 1.44. The van der Waals surface area contributed by atoms with Crippen LogP contribution in [-0.4, -0.2) is 22.9 Å². The first-order chi connectivity index (χ1) is 8.24. The SMILES string of the molecule is Cn1cc(OCCNc2cccc(Cl)c2)cn1. The summed E-state index contributed by atoms with van der Waals surface area (Å²) in [6, 6.07) is 7.60. The van der Waals surface area contributed by atoms with Gasteiger partial charge in [-0.15, -0.1) is 0 Å². The molecule has 0 aliphatic heterocycles. The number of anilines is 1. The Hall–Kier alpha value is -1.68. The van der Waals surface area contributed by atoms with E-state index in [4.69, 9.17) is 16.3 Å². The summed E-state index contributed by atoms with van der Waals surface area (Å²) in [4.78, 5) is 0. The van der Waals surface area contributed by atoms with Crippen LogP contribution >= 0.6 is 11.6 Å². The van der Waals surface area contributed by atoms with Crippen LogP contribution in [0.3, 0.4) is 0 Å². The number of benzene rings is 1. The van der Waals surface area contributed by atoms with E-state index in [9.17, 15) is 0 Å². The highest BCUT2D eigenvalue weighted by molar-refractivity contribution is 6.30. The standard InChI is InChI=1S/C12H14ClN3O/c1-16-9-12(8-15-16)17-6-5-14-11-4-2-3-10(13)7-11/h2-4,7-9,14H,5-6H2,1H3. The van der Waals surface area contributed by atoms with E-state index in [-0.39, 0.29) is 0 Å². The summed E-state index contributed by atoms with van der Waals surface area (Å²) in [5.41, 5.74) is 0.993. The quantitative estimate of drug-likeness (QED) is 0.831. The van der Waals surface area contributed by atoms with Gasteiger partial charge in [0, 0.05) is 24.3 Å². The Morgan fingerprint density at radius 3 is 3.06 bits per heavy atom. The molecule has 0 saturated carbocycles. The fraction of sp³-hybridized carbons (Fsp3) is 0.250. The predicted octanol–water partition coefficient (Wildman–Crippen LogP) is 2.56. The number of aromatic nitrogens is 2. The van der Waals surface area contributed by atoms with Crippen molar-refractivity contribution in [1.29, 1.82) is 0 Å². The van der Waals surface area contributed by atoms with Crippen molar-refractivity contribution in [2.75, 3.05) is 18.5 Å². The second-order valence-corrected chi connectivity index (χ2v) is 4.07. The Bertz CT molecular complexity index is 484. The van der Waals surface area contributed by atoms with E-state index < -0.39 is 0 Å². The molecule has 0 aliphatic carbocycles. The van der Waals surface area contributed by atoms with Gasteiger partial charge in [-0.1, -0.05) is 17.7 Å². The number of aryl methyl sites for hydroxylation is 1. The largest absolute Gasteiger partial charge is 0.488 e. The van der Waals surface area contributed by atoms with Crippen LogP contribution in [0.1, 0.15) is 0 Å². The molecule has 0 amide bonds. The number of nitrogens with zero attached hydrogens (tertiary/aromatic N) is 2. The van der Waals surface area contributed by atoms with Crippen molar-refractivity contribution in [1.82, 2.24) is 9.78 Å². The third-order valence-corrected chi connectivity index (χ3v) is 2.44. The molecule has 0 atom stereocenters. The maximum atomic E-state index is 5.87. The van der Waals surface area contributed by atoms with Crippen LogP contribution in [0.4, 0.5) is 5.69 Å². The van der Waals surface area contributed by atoms with Gasteiger partial charge in [-0.25, -0.2) is 0 Å². The minimum atomic E-state index is 0.582. The zero-order valence-electron chi connectivity index (χ0n) is 9.56. The zero-order valence-corrected chi connectivity index (χ0v) is 10.3. The van der Waals surface area contributed by atoms with Crippen molar-refractivity contribution in [2.24, 2.45) is 7.05 Å². The molecule has 0 spiro atoms. The van der Waals surface area contributed by atoms with Gasteiger partial charge in [0.15, 0.2) is 5.75 Å². The van der Waals surface area contributed by atoms with E-state index in [0.29, 0.717) is 6.61 Å². The summed E-state index contributed by atoms with van der Waals surface area (Å²) < 4.78 is 7.21. The third kappa shape index (κ3) is 3.67. The van der Waals surface area contributed by atoms with Gasteiger partial charge in [-0.2, -0.15) is 5.10 Å². The Balaban J connectivity index is 1.73. The molecule has 0 saturated heterocycles. The molecule has 90 valence electrons. The molecule has 0 aliphatic rings. The molecule has 1 heterocycles. The molecule has 0 radical (unpaired) electrons. The summed E-state index contributed by atoms with van der Waals surface area (Å²) in [5, 5.41) is 7.97. The summed E-state index contributed by atoms with van der Waals surface area (Å²) in [5.74, 6) is 0.778. The molecule has 0 unspecified atom stereocenters. The average Bonchev–Trinajstić information content (AvgIpc) is 2.71. The van der Waals surface area contributed by atoms with Gasteiger partial charge in [-0.05, 0) is 18.2 Å². The number of nitrogens with one attached hydrogen (secondary N) is 1. The van der Waals surface area contributed by atoms with Crippen LogP contribution in [0.2, 0.25) is 5.02 Å². The van der Waals surface area contributed by atoms with E-state index in [2.05, 4.69) is 10.4 Å². The molecule has 4 nitrogen and oxygen atoms in total. The van der Waals surface area contributed by atoms with Crippen molar-refractivity contribution >= 4 is 17.3 Å². The minimum Gasteiger partial charge on any atom is -0.488 e. The van der Waals surface area contributed by atoms with Gasteiger partial charge in [0.05, 0.1) is 12.4 Å². The van der Waals surface area contributed by atoms with Crippen LogP contribution in [-0.2, 0) is 7.05 Å². The van der Waals surface area contributed by atoms with Crippen molar-refractivity contribution in [3.63, 3.8) is 0 Å². The lowest BCUT2D eigenvalue weighted by Crippen LogP contribution is -2.11. The number of hydrogen-bond donors (Lipinski definition) is 1. The van der Waals surface area contributed by atoms with Gasteiger partial charge >= 0.3 is 0 Å². The molecule has 17 heavy (non-hydrogen) atoms. The lowest BCUT2D eigenvalue weighted by Gasteiger charge is -2.07. The normalized spacial score (nSPS) is 10.2. The van der Waals surface area contributed by atoms with E-state index in [1.54, 1.807) is 10.9 Å². The van der Waals surface area contributed by atoms with Crippen LogP contribution in [0.15, 0.2) is 36.7 Å². The van der Waals surface area contributed by atoms with E-state index in [1.807, 2.05) is 37.5 Å². The van der Waals surface area contributed by atoms with Crippen molar-refractivity contribution in [2.45, 2.75) is 0 Å². The first-order valence-electron chi connectivity index (χ1n) is 5.35. The van der Waals surface area contributed by atoms with Crippen LogP contribution in [0.5, 0.6) is 5.75 Å². The maximum absolute atomic E-state index is 5.87. The first kappa shape index (κ1) is 11.8. The van der Waals surface area contributed by atoms with Gasteiger partial charge in [0.1, 0.15) is 6.61 Å². The van der Waals surface area contributed by atoms with Crippen molar-refractivity contribution in [3.05, 3.63) is 41.7 Å². The zero-order chi connectivity index (χ0) is 12.1. The molecule has 2 rings (SSSR count). The summed E-state index contributed by atoms with van der Waals surface area (Å²) in [6.45, 7) is 1.30. The summed E-state index contributed by atoms with van der Waals surface area (Å²) in [6.07, 6.45) is 3.53. The van der Waals surface area contributed by atoms with Gasteiger partial charge in [-0.3, -0.25) is 4.68 Å². The monoisotopic (exact) mass is 251 g/mol. The van der Waals surface area contributed by atoms with Crippen LogP contribution in [0.25, 0.3) is 0 Å². The lowest BCUT2D eigenvalue weighted by atomic mass is 10.3. The molecule has 1 N–H and O–H groups in total. The van der Waals surface area contributed by atoms with Crippen LogP contribution in [0, 0.1) is 0 Å². The Kier molecular flexibility index (Phi) is 3.88. The Morgan fingerprint density at radius 2 is 2.35 bits per heavy atom. The number of hydrogen-bond acceptors (Lipinski definition) is 3. The van der Waals surface area contributed by atoms with E-state index in [0.717, 1.165) is 23.0 Å². The number of ether oxygens (including phenoxy) is 1. The summed E-state index contributed by atoms with van der Waals surface area (Å²) >= 11 is 5.87. The van der Waals surface area contributed by atoms with Crippen LogP contribution < -0.4 is 10.1 Å². The smallest absolute Gasteiger partial charge is 0.157 e. The Labute approximate surface area is 105 Å². The number of halogens is 1. The number of rotatable bonds is 5. The fourth-order valence-corrected chi connectivity index (χ4v) is 1.63. The topological polar surface area (TPSA) is 39.1 Å². The molecule has 0 fully saturated rings. The third-order valence-electron chi connectivity index (χ3n) is 2.21. The molecule has 5 heteroatoms. The molecular weight excluding hydrogens is 238 g/mol. The van der Waals surface area contributed by atoms with Gasteiger partial charge in [0.25, 0.3) is 0 Å². The summed E-state index contributed by atoms with van der Waals surface area (Å²) in [7, 11) is 1.86. The highest BCUT2D eigenvalue weighted by Gasteiger charge is 1.96. The predicted molar refractivity (Wildman–Crippen MR) is 68.6 cm³/mol. The first-order valence-corrected chi connectivity index (χ1v) is 5.73. The van der Waals surface area contributed by atoms with E-state index >= 15 is 0 Å². The Morgan fingerprint density at radius 1 is 1.47 bits per heavy atom. The minimum absolute atomic E-state index is 0.582. The highest BCUT2D eigenvalue weighted by atomic mass is 35.5. The lowest BCUT2D eigenvalue weighted by molar-refractivity contribution is 0.332. The van der Waals surface area contributed by atoms with Crippen molar-refractivity contribution in [3.8, 4) is 5.75 Å². The van der Waals surface area contributed by atoms with E-state index in [1.165, 1.54) is 0 Å². The maximum Gasteiger partial charge on any atom is 0.157 e. The molecule has 1 aromatic carbocycles. The van der Waals surface area contributed by atoms with Crippen molar-refractivity contribution < 1.29 is 4.74 Å². The molecule has 2 aromatic rings. The highest BCUT2D eigenvalue weighted by Crippen LogP contribution is 2.14. The van der Waals surface area contributed by atoms with Gasteiger partial charge in [0.2, 0.25) is 0 Å². The second kappa shape index (κ2) is 5.59. The average molecular weight is 252 g/mol. The second-order valence-electron chi connectivity index (χ2n) is 3.64. The van der Waals surface area contributed by atoms with Gasteiger partial charge < -0.3 is 10.1 Å². The molecular formula is C12H14ClN3O.